The molecule has 0 bridgehead atoms. The molecule has 0 spiro atoms. The van der Waals surface area contributed by atoms with Crippen LogP contribution >= 0.6 is 11.5 Å². The van der Waals surface area contributed by atoms with Crippen LogP contribution in [0.25, 0.3) is 0 Å². The fraction of sp³-hybridized carbons (Fsp3) is 0.800. The van der Waals surface area contributed by atoms with E-state index in [0.29, 0.717) is 4.88 Å². The fourth-order valence-electron chi connectivity index (χ4n) is 3.60. The predicted octanol–water partition coefficient (Wildman–Crippen LogP) is 1.21. The molecule has 7 heteroatoms. The first kappa shape index (κ1) is 15.8. The Morgan fingerprint density at radius 2 is 2.18 bits per heavy atom. The van der Waals surface area contributed by atoms with Crippen LogP contribution in [0.15, 0.2) is 0 Å². The van der Waals surface area contributed by atoms with E-state index in [9.17, 15) is 9.90 Å². The lowest BCUT2D eigenvalue weighted by Gasteiger charge is -2.28. The van der Waals surface area contributed by atoms with Crippen molar-refractivity contribution in [2.45, 2.75) is 63.6 Å². The summed E-state index contributed by atoms with van der Waals surface area (Å²) in [7, 11) is 0. The van der Waals surface area contributed by atoms with E-state index in [4.69, 9.17) is 0 Å². The van der Waals surface area contributed by atoms with Crippen molar-refractivity contribution in [3.63, 3.8) is 0 Å². The van der Waals surface area contributed by atoms with E-state index in [0.717, 1.165) is 56.0 Å². The Hall–Kier alpha value is -1.05. The van der Waals surface area contributed by atoms with Gasteiger partial charge in [0.1, 0.15) is 4.88 Å². The summed E-state index contributed by atoms with van der Waals surface area (Å²) in [5.74, 6) is -0.135. The van der Waals surface area contributed by atoms with Crippen LogP contribution in [-0.2, 0) is 6.42 Å². The van der Waals surface area contributed by atoms with Gasteiger partial charge in [-0.25, -0.2) is 0 Å². The number of hydrogen-bond acceptors (Lipinski definition) is 6. The average Bonchev–Trinajstić information content (AvgIpc) is 3.21. The van der Waals surface area contributed by atoms with Crippen LogP contribution in [0.5, 0.6) is 0 Å². The molecule has 3 atom stereocenters. The van der Waals surface area contributed by atoms with E-state index in [2.05, 4.69) is 26.7 Å². The summed E-state index contributed by atoms with van der Waals surface area (Å²) in [5, 5.41) is 17.6. The van der Waals surface area contributed by atoms with Crippen molar-refractivity contribution in [2.24, 2.45) is 0 Å². The van der Waals surface area contributed by atoms with Crippen molar-refractivity contribution in [1.82, 2.24) is 19.8 Å². The van der Waals surface area contributed by atoms with Crippen molar-refractivity contribution < 1.29 is 9.90 Å². The standard InChI is InChI=1S/C15H24N4O2S/c1-2-5-11-14(22-18-17-11)15(21)16-10-6-7-12(13(10)20)19-8-3-4-9-19/h10,12-13,20H,2-9H2,1H3,(H,16,21)/t10-,12-,13-/m1/s1. The number of nitrogens with one attached hydrogen (secondary N) is 1. The molecule has 1 aliphatic carbocycles. The minimum atomic E-state index is -0.474. The molecule has 0 aromatic carbocycles. The third-order valence-corrected chi connectivity index (χ3v) is 5.52. The maximum absolute atomic E-state index is 12.4. The van der Waals surface area contributed by atoms with Gasteiger partial charge in [-0.15, -0.1) is 5.10 Å². The van der Waals surface area contributed by atoms with Crippen LogP contribution in [0, 0.1) is 0 Å². The van der Waals surface area contributed by atoms with Crippen LogP contribution in [0.4, 0.5) is 0 Å². The molecule has 2 heterocycles. The van der Waals surface area contributed by atoms with Gasteiger partial charge in [0.15, 0.2) is 0 Å². The van der Waals surface area contributed by atoms with E-state index in [1.807, 2.05) is 0 Å². The zero-order valence-electron chi connectivity index (χ0n) is 13.0. The second-order valence-corrected chi connectivity index (χ2v) is 7.01. The van der Waals surface area contributed by atoms with Gasteiger partial charge >= 0.3 is 0 Å². The van der Waals surface area contributed by atoms with E-state index in [-0.39, 0.29) is 18.0 Å². The monoisotopic (exact) mass is 324 g/mol. The smallest absolute Gasteiger partial charge is 0.265 e. The maximum atomic E-state index is 12.4. The van der Waals surface area contributed by atoms with Gasteiger partial charge in [-0.2, -0.15) is 0 Å². The van der Waals surface area contributed by atoms with Gasteiger partial charge in [0.25, 0.3) is 5.91 Å². The summed E-state index contributed by atoms with van der Waals surface area (Å²) in [4.78, 5) is 15.4. The second kappa shape index (κ2) is 7.02. The SMILES string of the molecule is CCCc1nnsc1C(=O)N[C@@H]1CC[C@@H](N2CCCC2)[C@@H]1O. The molecule has 1 aromatic heterocycles. The number of aliphatic hydroxyl groups excluding tert-OH is 1. The largest absolute Gasteiger partial charge is 0.389 e. The Labute approximate surface area is 135 Å². The van der Waals surface area contributed by atoms with Crippen LogP contribution < -0.4 is 5.32 Å². The summed E-state index contributed by atoms with van der Waals surface area (Å²) in [5.41, 5.74) is 0.772. The molecule has 1 aromatic rings. The highest BCUT2D eigenvalue weighted by Crippen LogP contribution is 2.28. The normalized spacial score (nSPS) is 29.1. The highest BCUT2D eigenvalue weighted by molar-refractivity contribution is 7.08. The summed E-state index contributed by atoms with van der Waals surface area (Å²) in [6.07, 6.45) is 5.45. The van der Waals surface area contributed by atoms with E-state index < -0.39 is 6.10 Å². The van der Waals surface area contributed by atoms with Crippen LogP contribution in [0.1, 0.15) is 54.4 Å². The Kier molecular flexibility index (Phi) is 5.05. The van der Waals surface area contributed by atoms with Gasteiger partial charge in [0.2, 0.25) is 0 Å². The predicted molar refractivity (Wildman–Crippen MR) is 85.0 cm³/mol. The molecule has 2 fully saturated rings. The van der Waals surface area contributed by atoms with Gasteiger partial charge in [-0.05, 0) is 56.7 Å². The average molecular weight is 324 g/mol. The summed E-state index contributed by atoms with van der Waals surface area (Å²) < 4.78 is 3.89. The number of aliphatic hydroxyl groups is 1. The molecule has 0 unspecified atom stereocenters. The van der Waals surface area contributed by atoms with Crippen LogP contribution in [-0.4, -0.2) is 56.8 Å². The van der Waals surface area contributed by atoms with Crippen molar-refractivity contribution in [2.75, 3.05) is 13.1 Å². The number of nitrogens with zero attached hydrogens (tertiary/aromatic N) is 3. The van der Waals surface area contributed by atoms with Gasteiger partial charge in [-0.3, -0.25) is 9.69 Å². The van der Waals surface area contributed by atoms with Gasteiger partial charge in [0, 0.05) is 6.04 Å². The van der Waals surface area contributed by atoms with Crippen molar-refractivity contribution in [3.8, 4) is 0 Å². The second-order valence-electron chi connectivity index (χ2n) is 6.26. The third kappa shape index (κ3) is 3.16. The molecule has 22 heavy (non-hydrogen) atoms. The number of aromatic nitrogens is 2. The van der Waals surface area contributed by atoms with Gasteiger partial charge < -0.3 is 10.4 Å². The van der Waals surface area contributed by atoms with Crippen molar-refractivity contribution in [3.05, 3.63) is 10.6 Å². The number of aryl methyl sites for hydroxylation is 1. The molecule has 0 radical (unpaired) electrons. The maximum Gasteiger partial charge on any atom is 0.265 e. The summed E-state index contributed by atoms with van der Waals surface area (Å²) >= 11 is 1.14. The number of amides is 1. The molecule has 1 saturated heterocycles. The number of likely N-dealkylation sites (tertiary alicyclic amines) is 1. The molecule has 122 valence electrons. The van der Waals surface area contributed by atoms with Crippen molar-refractivity contribution >= 4 is 17.4 Å². The molecule has 1 saturated carbocycles. The zero-order chi connectivity index (χ0) is 15.5. The minimum Gasteiger partial charge on any atom is -0.389 e. The van der Waals surface area contributed by atoms with E-state index >= 15 is 0 Å². The number of hydrogen-bond donors (Lipinski definition) is 2. The zero-order valence-corrected chi connectivity index (χ0v) is 13.8. The molecule has 3 rings (SSSR count). The molecule has 6 nitrogen and oxygen atoms in total. The summed E-state index contributed by atoms with van der Waals surface area (Å²) in [6.45, 7) is 4.20. The lowest BCUT2D eigenvalue weighted by Crippen LogP contribution is -2.47. The minimum absolute atomic E-state index is 0.135. The molecule has 2 N–H and O–H groups in total. The molecular weight excluding hydrogens is 300 g/mol. The van der Waals surface area contributed by atoms with Crippen LogP contribution in [0.2, 0.25) is 0 Å². The highest BCUT2D eigenvalue weighted by Gasteiger charge is 2.40. The molecule has 1 amide bonds. The van der Waals surface area contributed by atoms with E-state index in [1.54, 1.807) is 0 Å². The van der Waals surface area contributed by atoms with Crippen molar-refractivity contribution in [1.29, 1.82) is 0 Å². The first-order chi connectivity index (χ1) is 10.7. The van der Waals surface area contributed by atoms with Gasteiger partial charge in [0.05, 0.1) is 17.8 Å². The lowest BCUT2D eigenvalue weighted by atomic mass is 10.1. The first-order valence-corrected chi connectivity index (χ1v) is 9.02. The van der Waals surface area contributed by atoms with Gasteiger partial charge in [-0.1, -0.05) is 17.8 Å². The Morgan fingerprint density at radius 1 is 1.41 bits per heavy atom. The molecule has 2 aliphatic rings. The Balaban J connectivity index is 1.61. The Bertz CT molecular complexity index is 515. The Morgan fingerprint density at radius 3 is 2.91 bits per heavy atom. The van der Waals surface area contributed by atoms with Crippen LogP contribution in [0.3, 0.4) is 0 Å². The number of carbonyl (C=O) groups is 1. The highest BCUT2D eigenvalue weighted by atomic mass is 32.1. The number of carbonyl (C=O) groups excluding carboxylic acids is 1. The fourth-order valence-corrected chi connectivity index (χ4v) is 4.22. The lowest BCUT2D eigenvalue weighted by molar-refractivity contribution is 0.0620. The van der Waals surface area contributed by atoms with E-state index in [1.165, 1.54) is 12.8 Å². The first-order valence-electron chi connectivity index (χ1n) is 8.25. The molecular formula is C15H24N4O2S. The topological polar surface area (TPSA) is 78.4 Å². The number of rotatable bonds is 5. The quantitative estimate of drug-likeness (QED) is 0.851. The summed E-state index contributed by atoms with van der Waals surface area (Å²) in [6, 6.07) is 0.0391. The molecule has 1 aliphatic heterocycles. The third-order valence-electron chi connectivity index (χ3n) is 4.75.